The number of nitrogens with one attached hydrogen (secondary N) is 1. The first-order chi connectivity index (χ1) is 8.65. The van der Waals surface area contributed by atoms with E-state index in [2.05, 4.69) is 10.3 Å². The minimum absolute atomic E-state index is 0.0821. The summed E-state index contributed by atoms with van der Waals surface area (Å²) in [5, 5.41) is 12.2. The van der Waals surface area contributed by atoms with E-state index >= 15 is 0 Å². The van der Waals surface area contributed by atoms with Crippen molar-refractivity contribution in [3.05, 3.63) is 22.2 Å². The molecule has 1 aromatic heterocycles. The summed E-state index contributed by atoms with van der Waals surface area (Å²) in [6, 6.07) is 0. The van der Waals surface area contributed by atoms with Gasteiger partial charge in [-0.1, -0.05) is 6.92 Å². The number of nitrogens with zero attached hydrogens (tertiary/aromatic N) is 2. The van der Waals surface area contributed by atoms with Gasteiger partial charge in [0.25, 0.3) is 0 Å². The zero-order chi connectivity index (χ0) is 13.1. The highest BCUT2D eigenvalue weighted by molar-refractivity contribution is 5.36. The molecule has 2 rings (SSSR count). The maximum absolute atomic E-state index is 11.8. The fourth-order valence-corrected chi connectivity index (χ4v) is 1.96. The number of anilines is 1. The Morgan fingerprint density at radius 3 is 3.11 bits per heavy atom. The third-order valence-corrected chi connectivity index (χ3v) is 3.00. The van der Waals surface area contributed by atoms with Gasteiger partial charge < -0.3 is 20.9 Å². The molecule has 0 aliphatic carbocycles. The fraction of sp³-hybridized carbons (Fsp3) is 0.636. The number of hydrogen-bond donors (Lipinski definition) is 3. The highest BCUT2D eigenvalue weighted by Crippen LogP contribution is 2.14. The molecule has 1 aromatic rings. The van der Waals surface area contributed by atoms with Crippen LogP contribution in [0.1, 0.15) is 18.7 Å². The average molecular weight is 254 g/mol. The van der Waals surface area contributed by atoms with E-state index in [1.165, 1.54) is 4.57 Å². The lowest BCUT2D eigenvalue weighted by atomic mass is 10.2. The van der Waals surface area contributed by atoms with Gasteiger partial charge in [0.1, 0.15) is 5.82 Å². The first-order valence-corrected chi connectivity index (χ1v) is 6.00. The lowest BCUT2D eigenvalue weighted by Gasteiger charge is -2.30. The second-order valence-corrected chi connectivity index (χ2v) is 4.25. The molecule has 0 bridgehead atoms. The van der Waals surface area contributed by atoms with Gasteiger partial charge in [-0.05, 0) is 6.42 Å². The van der Waals surface area contributed by atoms with Crippen LogP contribution in [-0.2, 0) is 11.2 Å². The quantitative estimate of drug-likeness (QED) is 0.630. The Kier molecular flexibility index (Phi) is 3.95. The largest absolute Gasteiger partial charge is 0.394 e. The van der Waals surface area contributed by atoms with Gasteiger partial charge in [0, 0.05) is 24.8 Å². The number of aryl methyl sites for hydroxylation is 1. The summed E-state index contributed by atoms with van der Waals surface area (Å²) in [4.78, 5) is 15.6. The first-order valence-electron chi connectivity index (χ1n) is 6.00. The van der Waals surface area contributed by atoms with Crippen LogP contribution in [0, 0.1) is 0 Å². The van der Waals surface area contributed by atoms with E-state index < -0.39 is 11.9 Å². The zero-order valence-corrected chi connectivity index (χ0v) is 10.3. The molecule has 7 nitrogen and oxygen atoms in total. The Labute approximate surface area is 105 Å². The summed E-state index contributed by atoms with van der Waals surface area (Å²) in [7, 11) is 0. The topological polar surface area (TPSA) is 102 Å². The molecule has 1 aliphatic rings. The van der Waals surface area contributed by atoms with Crippen molar-refractivity contribution in [3.8, 4) is 0 Å². The van der Waals surface area contributed by atoms with Crippen LogP contribution in [0.2, 0.25) is 0 Å². The Morgan fingerprint density at radius 1 is 1.67 bits per heavy atom. The molecule has 2 atom stereocenters. The van der Waals surface area contributed by atoms with Crippen LogP contribution in [0.4, 0.5) is 5.82 Å². The molecule has 100 valence electrons. The third kappa shape index (κ3) is 2.53. The van der Waals surface area contributed by atoms with Crippen molar-refractivity contribution in [2.24, 2.45) is 0 Å². The van der Waals surface area contributed by atoms with Crippen LogP contribution in [0.5, 0.6) is 0 Å². The molecular formula is C11H18N4O3. The fourth-order valence-electron chi connectivity index (χ4n) is 1.96. The second kappa shape index (κ2) is 5.47. The SMILES string of the molecule is CCc1cn(C2CNCC(CO)O2)c(=O)nc1N. The van der Waals surface area contributed by atoms with Crippen LogP contribution >= 0.6 is 0 Å². The number of rotatable bonds is 3. The molecular weight excluding hydrogens is 236 g/mol. The molecule has 0 aromatic carbocycles. The van der Waals surface area contributed by atoms with Crippen molar-refractivity contribution in [2.45, 2.75) is 25.7 Å². The number of aliphatic hydroxyl groups excluding tert-OH is 1. The maximum Gasteiger partial charge on any atom is 0.351 e. The molecule has 1 fully saturated rings. The van der Waals surface area contributed by atoms with E-state index in [4.69, 9.17) is 15.6 Å². The van der Waals surface area contributed by atoms with Crippen LogP contribution in [0.15, 0.2) is 11.0 Å². The molecule has 2 heterocycles. The molecule has 0 spiro atoms. The highest BCUT2D eigenvalue weighted by atomic mass is 16.5. The van der Waals surface area contributed by atoms with E-state index in [9.17, 15) is 4.79 Å². The van der Waals surface area contributed by atoms with Crippen molar-refractivity contribution in [1.29, 1.82) is 0 Å². The standard InChI is InChI=1S/C11H18N4O3/c1-2-7-5-15(11(17)14-10(7)12)9-4-13-3-8(6-16)18-9/h5,8-9,13,16H,2-4,6H2,1H3,(H2,12,14,17). The lowest BCUT2D eigenvalue weighted by molar-refractivity contribution is -0.0967. The van der Waals surface area contributed by atoms with Crippen LogP contribution in [0.3, 0.4) is 0 Å². The van der Waals surface area contributed by atoms with Gasteiger partial charge >= 0.3 is 5.69 Å². The Morgan fingerprint density at radius 2 is 2.44 bits per heavy atom. The number of hydrogen-bond acceptors (Lipinski definition) is 6. The maximum atomic E-state index is 11.8. The predicted octanol–water partition coefficient (Wildman–Crippen LogP) is -1.13. The number of morpholine rings is 1. The summed E-state index contributed by atoms with van der Waals surface area (Å²) >= 11 is 0. The monoisotopic (exact) mass is 254 g/mol. The number of nitrogens with two attached hydrogens (primary N) is 1. The summed E-state index contributed by atoms with van der Waals surface area (Å²) in [5.74, 6) is 0.265. The van der Waals surface area contributed by atoms with Gasteiger partial charge in [-0.2, -0.15) is 4.98 Å². The van der Waals surface area contributed by atoms with Crippen molar-refractivity contribution in [3.63, 3.8) is 0 Å². The predicted molar refractivity (Wildman–Crippen MR) is 66.2 cm³/mol. The molecule has 18 heavy (non-hydrogen) atoms. The Bertz CT molecular complexity index is 474. The van der Waals surface area contributed by atoms with Crippen LogP contribution < -0.4 is 16.7 Å². The smallest absolute Gasteiger partial charge is 0.351 e. The molecule has 2 unspecified atom stereocenters. The van der Waals surface area contributed by atoms with Crippen molar-refractivity contribution >= 4 is 5.82 Å². The zero-order valence-electron chi connectivity index (χ0n) is 10.3. The van der Waals surface area contributed by atoms with Gasteiger partial charge in [-0.15, -0.1) is 0 Å². The van der Waals surface area contributed by atoms with Crippen LogP contribution in [0.25, 0.3) is 0 Å². The average Bonchev–Trinajstić information content (AvgIpc) is 2.39. The molecule has 7 heteroatoms. The molecule has 1 aliphatic heterocycles. The summed E-state index contributed by atoms with van der Waals surface area (Å²) in [6.45, 7) is 2.94. The first kappa shape index (κ1) is 13.0. The minimum atomic E-state index is -0.457. The van der Waals surface area contributed by atoms with Crippen molar-refractivity contribution in [2.75, 3.05) is 25.4 Å². The third-order valence-electron chi connectivity index (χ3n) is 3.00. The van der Waals surface area contributed by atoms with Crippen molar-refractivity contribution in [1.82, 2.24) is 14.9 Å². The van der Waals surface area contributed by atoms with Gasteiger partial charge in [-0.25, -0.2) is 4.79 Å². The van der Waals surface area contributed by atoms with E-state index in [0.29, 0.717) is 19.5 Å². The van der Waals surface area contributed by atoms with Crippen LogP contribution in [-0.4, -0.2) is 40.5 Å². The van der Waals surface area contributed by atoms with E-state index in [1.807, 2.05) is 6.92 Å². The molecule has 0 amide bonds. The lowest BCUT2D eigenvalue weighted by Crippen LogP contribution is -2.46. The Balaban J connectivity index is 2.29. The molecule has 0 saturated carbocycles. The van der Waals surface area contributed by atoms with E-state index in [0.717, 1.165) is 5.56 Å². The van der Waals surface area contributed by atoms with Crippen molar-refractivity contribution < 1.29 is 9.84 Å². The normalized spacial score (nSPS) is 24.1. The molecule has 0 radical (unpaired) electrons. The minimum Gasteiger partial charge on any atom is -0.394 e. The Hall–Kier alpha value is -1.44. The van der Waals surface area contributed by atoms with Gasteiger partial charge in [0.05, 0.1) is 12.7 Å². The molecule has 1 saturated heterocycles. The van der Waals surface area contributed by atoms with Gasteiger partial charge in [0.15, 0.2) is 6.23 Å². The van der Waals surface area contributed by atoms with Gasteiger partial charge in [-0.3, -0.25) is 4.57 Å². The summed E-state index contributed by atoms with van der Waals surface area (Å²) in [5.41, 5.74) is 6.04. The summed E-state index contributed by atoms with van der Waals surface area (Å²) < 4.78 is 7.03. The van der Waals surface area contributed by atoms with E-state index in [1.54, 1.807) is 6.20 Å². The number of ether oxygens (including phenoxy) is 1. The summed E-state index contributed by atoms with van der Waals surface area (Å²) in [6.07, 6.45) is 1.61. The number of nitrogen functional groups attached to an aromatic ring is 1. The van der Waals surface area contributed by atoms with E-state index in [-0.39, 0.29) is 18.5 Å². The molecule has 4 N–H and O–H groups in total. The highest BCUT2D eigenvalue weighted by Gasteiger charge is 2.24. The second-order valence-electron chi connectivity index (χ2n) is 4.25. The van der Waals surface area contributed by atoms with Gasteiger partial charge in [0.2, 0.25) is 0 Å². The number of aromatic nitrogens is 2. The number of aliphatic hydroxyl groups is 1.